The Hall–Kier alpha value is -1.66. The summed E-state index contributed by atoms with van der Waals surface area (Å²) < 4.78 is 5.47. The first-order valence-electron chi connectivity index (χ1n) is 29.6. The summed E-state index contributed by atoms with van der Waals surface area (Å²) in [6, 6.07) is -0.544. The third kappa shape index (κ3) is 51.7. The summed E-state index contributed by atoms with van der Waals surface area (Å²) in [4.78, 5) is 24.5. The molecule has 0 aromatic carbocycles. The highest BCUT2D eigenvalue weighted by Crippen LogP contribution is 2.18. The first kappa shape index (κ1) is 64.3. The maximum absolute atomic E-state index is 12.5. The minimum absolute atomic E-state index is 0.00523. The topological polar surface area (TPSA) is 95.9 Å². The zero-order chi connectivity index (χ0) is 47.9. The van der Waals surface area contributed by atoms with Crippen molar-refractivity contribution in [1.29, 1.82) is 0 Å². The van der Waals surface area contributed by atoms with Gasteiger partial charge in [0.2, 0.25) is 5.91 Å². The molecule has 0 rings (SSSR count). The fraction of sp³-hybridized carbons (Fsp3) is 0.900. The maximum atomic E-state index is 12.5. The molecule has 0 bridgehead atoms. The quantitative estimate of drug-likeness (QED) is 0.0321. The Morgan fingerprint density at radius 3 is 1.20 bits per heavy atom. The van der Waals surface area contributed by atoms with Gasteiger partial charge < -0.3 is 20.3 Å². The van der Waals surface area contributed by atoms with Crippen molar-refractivity contribution in [3.63, 3.8) is 0 Å². The molecule has 3 N–H and O–H groups in total. The Labute approximate surface area is 411 Å². The SMILES string of the molecule is CCCC/C=C\C/C=C\CCCCCCCC(=O)OCCCCCCCCCCCCCCCCCCCCCC(=O)NC(CO)C(O)CCCCCCCCCCCCCCCCCC. The largest absolute Gasteiger partial charge is 0.466 e. The molecule has 0 saturated heterocycles. The fourth-order valence-corrected chi connectivity index (χ4v) is 9.19. The average Bonchev–Trinajstić information content (AvgIpc) is 3.32. The Balaban J connectivity index is 3.40. The van der Waals surface area contributed by atoms with Crippen LogP contribution in [0.5, 0.6) is 0 Å². The summed E-state index contributed by atoms with van der Waals surface area (Å²) in [7, 11) is 0. The van der Waals surface area contributed by atoms with Crippen molar-refractivity contribution >= 4 is 11.9 Å². The van der Waals surface area contributed by atoms with Gasteiger partial charge in [-0.1, -0.05) is 282 Å². The van der Waals surface area contributed by atoms with E-state index in [1.54, 1.807) is 0 Å². The second-order valence-electron chi connectivity index (χ2n) is 20.3. The van der Waals surface area contributed by atoms with E-state index in [-0.39, 0.29) is 18.5 Å². The van der Waals surface area contributed by atoms with E-state index in [4.69, 9.17) is 4.74 Å². The molecular weight excluding hydrogens is 815 g/mol. The lowest BCUT2D eigenvalue weighted by molar-refractivity contribution is -0.143. The second kappa shape index (κ2) is 55.9. The molecule has 2 atom stereocenters. The van der Waals surface area contributed by atoms with Gasteiger partial charge in [-0.2, -0.15) is 0 Å². The van der Waals surface area contributed by atoms with Gasteiger partial charge in [0.05, 0.1) is 25.4 Å². The summed E-state index contributed by atoms with van der Waals surface area (Å²) in [5, 5.41) is 23.3. The number of aliphatic hydroxyl groups is 2. The Kier molecular flexibility index (Phi) is 54.5. The molecule has 1 amide bonds. The number of allylic oxidation sites excluding steroid dienone is 4. The van der Waals surface area contributed by atoms with Crippen molar-refractivity contribution in [2.45, 2.75) is 334 Å². The molecule has 0 aliphatic carbocycles. The highest BCUT2D eigenvalue weighted by atomic mass is 16.5. The highest BCUT2D eigenvalue weighted by molar-refractivity contribution is 5.76. The van der Waals surface area contributed by atoms with Crippen LogP contribution >= 0.6 is 0 Å². The van der Waals surface area contributed by atoms with Crippen LogP contribution in [-0.4, -0.2) is 47.4 Å². The van der Waals surface area contributed by atoms with Crippen LogP contribution in [0.4, 0.5) is 0 Å². The van der Waals surface area contributed by atoms with E-state index in [1.165, 1.54) is 238 Å². The monoisotopic (exact) mass is 930 g/mol. The van der Waals surface area contributed by atoms with Crippen LogP contribution in [0.1, 0.15) is 322 Å². The minimum atomic E-state index is -0.666. The van der Waals surface area contributed by atoms with Crippen molar-refractivity contribution in [3.8, 4) is 0 Å². The third-order valence-electron chi connectivity index (χ3n) is 13.8. The van der Waals surface area contributed by atoms with E-state index in [1.807, 2.05) is 0 Å². The molecule has 66 heavy (non-hydrogen) atoms. The van der Waals surface area contributed by atoms with Crippen molar-refractivity contribution < 1.29 is 24.5 Å². The minimum Gasteiger partial charge on any atom is -0.466 e. The molecule has 6 nitrogen and oxygen atoms in total. The third-order valence-corrected chi connectivity index (χ3v) is 13.8. The smallest absolute Gasteiger partial charge is 0.305 e. The number of esters is 1. The van der Waals surface area contributed by atoms with Crippen LogP contribution in [0, 0.1) is 0 Å². The van der Waals surface area contributed by atoms with Crippen molar-refractivity contribution in [1.82, 2.24) is 5.32 Å². The summed E-state index contributed by atoms with van der Waals surface area (Å²) in [6.45, 7) is 4.92. The van der Waals surface area contributed by atoms with Gasteiger partial charge >= 0.3 is 5.97 Å². The standard InChI is InChI=1S/C60H115NO5/c1-3-5-7-9-11-13-15-17-19-25-28-32-36-40-44-48-52-58(63)57(56-62)61-59(64)53-49-45-41-37-33-29-26-23-21-20-22-24-27-31-35-39-43-47-51-55-66-60(65)54-50-46-42-38-34-30-18-16-14-12-10-8-6-4-2/h10,12,16,18,57-58,62-63H,3-9,11,13-15,17,19-56H2,1-2H3,(H,61,64)/b12-10-,18-16-. The van der Waals surface area contributed by atoms with Crippen molar-refractivity contribution in [3.05, 3.63) is 24.3 Å². The van der Waals surface area contributed by atoms with E-state index in [2.05, 4.69) is 43.5 Å². The maximum Gasteiger partial charge on any atom is 0.305 e. The predicted octanol–water partition coefficient (Wildman–Crippen LogP) is 18.2. The summed E-state index contributed by atoms with van der Waals surface area (Å²) in [5.74, 6) is -0.0414. The lowest BCUT2D eigenvalue weighted by atomic mass is 10.0. The summed E-state index contributed by atoms with van der Waals surface area (Å²) >= 11 is 0. The molecule has 0 aliphatic rings. The van der Waals surface area contributed by atoms with Crippen LogP contribution in [0.3, 0.4) is 0 Å². The zero-order valence-electron chi connectivity index (χ0n) is 44.4. The van der Waals surface area contributed by atoms with Crippen LogP contribution in [0.15, 0.2) is 24.3 Å². The van der Waals surface area contributed by atoms with Gasteiger partial charge in [-0.25, -0.2) is 0 Å². The number of carbonyl (C=O) groups excluding carboxylic acids is 2. The number of rotatable bonds is 55. The number of nitrogens with one attached hydrogen (secondary N) is 1. The van der Waals surface area contributed by atoms with E-state index in [0.29, 0.717) is 25.9 Å². The number of hydrogen-bond acceptors (Lipinski definition) is 5. The normalized spacial score (nSPS) is 12.7. The Bertz CT molecular complexity index is 1030. The lowest BCUT2D eigenvalue weighted by Crippen LogP contribution is -2.45. The van der Waals surface area contributed by atoms with Crippen LogP contribution in [0.25, 0.3) is 0 Å². The van der Waals surface area contributed by atoms with Gasteiger partial charge in [0.25, 0.3) is 0 Å². The molecule has 0 aliphatic heterocycles. The number of hydrogen-bond donors (Lipinski definition) is 3. The molecule has 0 radical (unpaired) electrons. The van der Waals surface area contributed by atoms with Gasteiger partial charge in [0.15, 0.2) is 0 Å². The van der Waals surface area contributed by atoms with E-state index < -0.39 is 12.1 Å². The van der Waals surface area contributed by atoms with E-state index in [9.17, 15) is 19.8 Å². The average molecular weight is 931 g/mol. The van der Waals surface area contributed by atoms with Gasteiger partial charge in [0.1, 0.15) is 0 Å². The van der Waals surface area contributed by atoms with Crippen LogP contribution in [-0.2, 0) is 14.3 Å². The molecular formula is C60H115NO5. The summed E-state index contributed by atoms with van der Waals surface area (Å²) in [6.07, 6.45) is 67.4. The number of unbranched alkanes of at least 4 members (excludes halogenated alkanes) is 40. The fourth-order valence-electron chi connectivity index (χ4n) is 9.19. The first-order valence-corrected chi connectivity index (χ1v) is 29.6. The van der Waals surface area contributed by atoms with Crippen molar-refractivity contribution in [2.24, 2.45) is 0 Å². The van der Waals surface area contributed by atoms with Gasteiger partial charge in [-0.3, -0.25) is 9.59 Å². The Morgan fingerprint density at radius 1 is 0.424 bits per heavy atom. The van der Waals surface area contributed by atoms with E-state index >= 15 is 0 Å². The molecule has 0 spiro atoms. The van der Waals surface area contributed by atoms with Gasteiger partial charge in [-0.05, 0) is 51.4 Å². The van der Waals surface area contributed by atoms with Gasteiger partial charge in [0, 0.05) is 12.8 Å². The molecule has 0 heterocycles. The molecule has 0 aromatic rings. The molecule has 390 valence electrons. The molecule has 0 aromatic heterocycles. The molecule has 6 heteroatoms. The van der Waals surface area contributed by atoms with Crippen LogP contribution in [0.2, 0.25) is 0 Å². The number of amides is 1. The number of aliphatic hydroxyl groups excluding tert-OH is 2. The predicted molar refractivity (Wildman–Crippen MR) is 287 cm³/mol. The van der Waals surface area contributed by atoms with Crippen LogP contribution < -0.4 is 5.32 Å². The highest BCUT2D eigenvalue weighted by Gasteiger charge is 2.20. The van der Waals surface area contributed by atoms with Crippen molar-refractivity contribution in [2.75, 3.05) is 13.2 Å². The van der Waals surface area contributed by atoms with Gasteiger partial charge in [-0.15, -0.1) is 0 Å². The molecule has 0 fully saturated rings. The molecule has 0 saturated carbocycles. The first-order chi connectivity index (χ1) is 32.5. The second-order valence-corrected chi connectivity index (χ2v) is 20.3. The summed E-state index contributed by atoms with van der Waals surface area (Å²) in [5.41, 5.74) is 0. The zero-order valence-corrected chi connectivity index (χ0v) is 44.4. The lowest BCUT2D eigenvalue weighted by Gasteiger charge is -2.22. The van der Waals surface area contributed by atoms with E-state index in [0.717, 1.165) is 51.4 Å². The Morgan fingerprint density at radius 2 is 0.773 bits per heavy atom. The number of carbonyl (C=O) groups is 2. The molecule has 2 unspecified atom stereocenters. The number of ether oxygens (including phenoxy) is 1.